The Morgan fingerprint density at radius 2 is 1.93 bits per heavy atom. The lowest BCUT2D eigenvalue weighted by Crippen LogP contribution is -2.21. The van der Waals surface area contributed by atoms with E-state index in [1.807, 2.05) is 31.2 Å². The second kappa shape index (κ2) is 5.91. The molecule has 0 heterocycles. The van der Waals surface area contributed by atoms with E-state index in [1.54, 1.807) is 0 Å². The van der Waals surface area contributed by atoms with Crippen molar-refractivity contribution in [3.63, 3.8) is 0 Å². The fourth-order valence-corrected chi connectivity index (χ4v) is 1.34. The fourth-order valence-electron chi connectivity index (χ4n) is 1.23. The lowest BCUT2D eigenvalue weighted by Gasteiger charge is -2.08. The van der Waals surface area contributed by atoms with Crippen molar-refractivity contribution in [3.8, 4) is 0 Å². The SMILES string of the molecule is CCc1ccc(NC(=O)C(Br)CC)cc1. The molecule has 0 aliphatic rings. The Hall–Kier alpha value is -0.830. The lowest BCUT2D eigenvalue weighted by molar-refractivity contribution is -0.115. The fraction of sp³-hybridized carbons (Fsp3) is 0.417. The Labute approximate surface area is 99.2 Å². The number of hydrogen-bond donors (Lipinski definition) is 1. The van der Waals surface area contributed by atoms with Crippen LogP contribution >= 0.6 is 15.9 Å². The largest absolute Gasteiger partial charge is 0.325 e. The molecule has 0 spiro atoms. The van der Waals surface area contributed by atoms with Gasteiger partial charge in [0.15, 0.2) is 0 Å². The first kappa shape index (κ1) is 12.2. The van der Waals surface area contributed by atoms with Gasteiger partial charge in [0.05, 0.1) is 4.83 Å². The van der Waals surface area contributed by atoms with E-state index in [-0.39, 0.29) is 10.7 Å². The van der Waals surface area contributed by atoms with Gasteiger partial charge in [0.2, 0.25) is 5.91 Å². The highest BCUT2D eigenvalue weighted by Crippen LogP contribution is 2.13. The average Bonchev–Trinajstić information content (AvgIpc) is 2.29. The number of carbonyl (C=O) groups excluding carboxylic acids is 1. The van der Waals surface area contributed by atoms with Crippen molar-refractivity contribution in [2.45, 2.75) is 31.5 Å². The minimum absolute atomic E-state index is 0.0155. The van der Waals surface area contributed by atoms with Gasteiger partial charge < -0.3 is 5.32 Å². The monoisotopic (exact) mass is 269 g/mol. The summed E-state index contributed by atoms with van der Waals surface area (Å²) in [5.74, 6) is 0.0155. The van der Waals surface area contributed by atoms with E-state index in [2.05, 4.69) is 28.2 Å². The van der Waals surface area contributed by atoms with Crippen LogP contribution in [0.4, 0.5) is 5.69 Å². The third kappa shape index (κ3) is 3.67. The van der Waals surface area contributed by atoms with E-state index in [9.17, 15) is 4.79 Å². The van der Waals surface area contributed by atoms with Crippen molar-refractivity contribution >= 4 is 27.5 Å². The van der Waals surface area contributed by atoms with Gasteiger partial charge in [-0.15, -0.1) is 0 Å². The first-order valence-electron chi connectivity index (χ1n) is 5.21. The number of amides is 1. The van der Waals surface area contributed by atoms with Crippen molar-refractivity contribution in [2.75, 3.05) is 5.32 Å². The zero-order valence-electron chi connectivity index (χ0n) is 9.09. The van der Waals surface area contributed by atoms with Crippen LogP contribution in [0.15, 0.2) is 24.3 Å². The van der Waals surface area contributed by atoms with Gasteiger partial charge in [-0.2, -0.15) is 0 Å². The summed E-state index contributed by atoms with van der Waals surface area (Å²) < 4.78 is 0. The van der Waals surface area contributed by atoms with Crippen molar-refractivity contribution in [1.29, 1.82) is 0 Å². The summed E-state index contributed by atoms with van der Waals surface area (Å²) in [4.78, 5) is 11.4. The number of rotatable bonds is 4. The maximum Gasteiger partial charge on any atom is 0.238 e. The van der Waals surface area contributed by atoms with Crippen molar-refractivity contribution in [2.24, 2.45) is 0 Å². The van der Waals surface area contributed by atoms with Crippen LogP contribution in [0.3, 0.4) is 0 Å². The molecule has 1 amide bonds. The van der Waals surface area contributed by atoms with Crippen LogP contribution in [-0.4, -0.2) is 10.7 Å². The predicted molar refractivity (Wildman–Crippen MR) is 67.5 cm³/mol. The first-order chi connectivity index (χ1) is 7.17. The van der Waals surface area contributed by atoms with Crippen LogP contribution in [0, 0.1) is 0 Å². The minimum atomic E-state index is -0.108. The standard InChI is InChI=1S/C12H16BrNO/c1-3-9-5-7-10(8-6-9)14-12(15)11(13)4-2/h5-8,11H,3-4H2,1-2H3,(H,14,15). The molecule has 1 rings (SSSR count). The number of anilines is 1. The number of carbonyl (C=O) groups is 1. The molecule has 0 aromatic heterocycles. The normalized spacial score (nSPS) is 12.2. The molecule has 0 saturated heterocycles. The Kier molecular flexibility index (Phi) is 4.82. The smallest absolute Gasteiger partial charge is 0.238 e. The topological polar surface area (TPSA) is 29.1 Å². The number of alkyl halides is 1. The third-order valence-electron chi connectivity index (χ3n) is 2.27. The molecular weight excluding hydrogens is 254 g/mol. The predicted octanol–water partition coefficient (Wildman–Crippen LogP) is 3.36. The average molecular weight is 270 g/mol. The van der Waals surface area contributed by atoms with Crippen LogP contribution in [0.1, 0.15) is 25.8 Å². The van der Waals surface area contributed by atoms with Crippen LogP contribution in [0.5, 0.6) is 0 Å². The van der Waals surface area contributed by atoms with Gasteiger partial charge in [0, 0.05) is 5.69 Å². The molecule has 0 aliphatic heterocycles. The van der Waals surface area contributed by atoms with Crippen molar-refractivity contribution < 1.29 is 4.79 Å². The maximum atomic E-state index is 11.5. The van der Waals surface area contributed by atoms with E-state index in [4.69, 9.17) is 0 Å². The van der Waals surface area contributed by atoms with E-state index < -0.39 is 0 Å². The zero-order chi connectivity index (χ0) is 11.3. The molecule has 15 heavy (non-hydrogen) atoms. The molecule has 1 unspecified atom stereocenters. The van der Waals surface area contributed by atoms with E-state index in [0.717, 1.165) is 18.5 Å². The molecule has 0 fully saturated rings. The Morgan fingerprint density at radius 1 is 1.33 bits per heavy atom. The molecule has 1 N–H and O–H groups in total. The zero-order valence-corrected chi connectivity index (χ0v) is 10.7. The summed E-state index contributed by atoms with van der Waals surface area (Å²) >= 11 is 3.32. The number of halogens is 1. The molecule has 0 radical (unpaired) electrons. The van der Waals surface area contributed by atoms with E-state index in [0.29, 0.717) is 0 Å². The third-order valence-corrected chi connectivity index (χ3v) is 3.34. The van der Waals surface area contributed by atoms with Gasteiger partial charge in [-0.1, -0.05) is 41.9 Å². The minimum Gasteiger partial charge on any atom is -0.325 e. The number of hydrogen-bond acceptors (Lipinski definition) is 1. The van der Waals surface area contributed by atoms with Gasteiger partial charge in [-0.3, -0.25) is 4.79 Å². The summed E-state index contributed by atoms with van der Waals surface area (Å²) in [7, 11) is 0. The summed E-state index contributed by atoms with van der Waals surface area (Å²) in [5.41, 5.74) is 2.13. The Morgan fingerprint density at radius 3 is 2.40 bits per heavy atom. The molecule has 1 aromatic carbocycles. The quantitative estimate of drug-likeness (QED) is 0.835. The van der Waals surface area contributed by atoms with Crippen LogP contribution in [-0.2, 0) is 11.2 Å². The first-order valence-corrected chi connectivity index (χ1v) is 6.12. The maximum absolute atomic E-state index is 11.5. The van der Waals surface area contributed by atoms with Crippen molar-refractivity contribution in [1.82, 2.24) is 0 Å². The number of benzene rings is 1. The Balaban J connectivity index is 2.61. The van der Waals surface area contributed by atoms with Gasteiger partial charge >= 0.3 is 0 Å². The van der Waals surface area contributed by atoms with Gasteiger partial charge in [-0.25, -0.2) is 0 Å². The van der Waals surface area contributed by atoms with E-state index in [1.165, 1.54) is 5.56 Å². The van der Waals surface area contributed by atoms with Crippen LogP contribution in [0.2, 0.25) is 0 Å². The van der Waals surface area contributed by atoms with Gasteiger partial charge in [-0.05, 0) is 30.5 Å². The molecule has 1 atom stereocenters. The molecule has 82 valence electrons. The second-order valence-corrected chi connectivity index (χ2v) is 4.52. The lowest BCUT2D eigenvalue weighted by atomic mass is 10.1. The molecule has 1 aromatic rings. The summed E-state index contributed by atoms with van der Waals surface area (Å²) in [6.07, 6.45) is 1.81. The highest BCUT2D eigenvalue weighted by atomic mass is 79.9. The number of aryl methyl sites for hydroxylation is 1. The summed E-state index contributed by atoms with van der Waals surface area (Å²) in [6, 6.07) is 7.94. The molecule has 0 bridgehead atoms. The highest BCUT2D eigenvalue weighted by molar-refractivity contribution is 9.10. The van der Waals surface area contributed by atoms with Gasteiger partial charge in [0.1, 0.15) is 0 Å². The molecule has 0 aliphatic carbocycles. The summed E-state index contributed by atoms with van der Waals surface area (Å²) in [5, 5.41) is 2.86. The van der Waals surface area contributed by atoms with Crippen molar-refractivity contribution in [3.05, 3.63) is 29.8 Å². The Bertz CT molecular complexity index is 321. The molecule has 2 nitrogen and oxygen atoms in total. The van der Waals surface area contributed by atoms with Gasteiger partial charge in [0.25, 0.3) is 0 Å². The molecular formula is C12H16BrNO. The van der Waals surface area contributed by atoms with Crippen LogP contribution in [0.25, 0.3) is 0 Å². The van der Waals surface area contributed by atoms with Crippen LogP contribution < -0.4 is 5.32 Å². The summed E-state index contributed by atoms with van der Waals surface area (Å²) in [6.45, 7) is 4.08. The molecule has 0 saturated carbocycles. The highest BCUT2D eigenvalue weighted by Gasteiger charge is 2.11. The second-order valence-electron chi connectivity index (χ2n) is 3.42. The number of nitrogens with one attached hydrogen (secondary N) is 1. The van der Waals surface area contributed by atoms with E-state index >= 15 is 0 Å². The molecule has 3 heteroatoms.